The van der Waals surface area contributed by atoms with Crippen molar-refractivity contribution in [3.8, 4) is 0 Å². The Morgan fingerprint density at radius 1 is 1.27 bits per heavy atom. The van der Waals surface area contributed by atoms with Gasteiger partial charge in [-0.3, -0.25) is 4.79 Å². The van der Waals surface area contributed by atoms with E-state index in [4.69, 9.17) is 0 Å². The van der Waals surface area contributed by atoms with Gasteiger partial charge in [-0.2, -0.15) is 0 Å². The zero-order valence-corrected chi connectivity index (χ0v) is 15.0. The molecule has 26 heavy (non-hydrogen) atoms. The van der Waals surface area contributed by atoms with E-state index in [1.165, 1.54) is 27.9 Å². The Morgan fingerprint density at radius 3 is 2.81 bits per heavy atom. The maximum Gasteiger partial charge on any atom is 0.265 e. The Hall–Kier alpha value is -2.32. The summed E-state index contributed by atoms with van der Waals surface area (Å²) >= 11 is 1.18. The Labute approximate surface area is 153 Å². The summed E-state index contributed by atoms with van der Waals surface area (Å²) in [5.74, 6) is -1.15. The van der Waals surface area contributed by atoms with E-state index < -0.39 is 11.7 Å². The van der Waals surface area contributed by atoms with Crippen LogP contribution in [0, 0.1) is 18.6 Å². The largest absolute Gasteiger partial charge is 0.320 e. The van der Waals surface area contributed by atoms with Crippen molar-refractivity contribution < 1.29 is 13.6 Å². The predicted molar refractivity (Wildman–Crippen MR) is 97.0 cm³/mol. The Balaban J connectivity index is 1.56. The molecule has 1 aliphatic heterocycles. The van der Waals surface area contributed by atoms with Crippen molar-refractivity contribution >= 4 is 28.6 Å². The number of amides is 1. The van der Waals surface area contributed by atoms with Gasteiger partial charge in [-0.05, 0) is 44.8 Å². The van der Waals surface area contributed by atoms with Crippen LogP contribution in [0.3, 0.4) is 0 Å². The molecule has 4 rings (SSSR count). The molecule has 0 bridgehead atoms. The molecule has 0 unspecified atom stereocenters. The van der Waals surface area contributed by atoms with Gasteiger partial charge in [0, 0.05) is 23.3 Å². The second kappa shape index (κ2) is 6.77. The number of hydrogen-bond acceptors (Lipinski definition) is 4. The van der Waals surface area contributed by atoms with Crippen LogP contribution in [0.15, 0.2) is 24.5 Å². The van der Waals surface area contributed by atoms with Crippen LogP contribution in [0.25, 0.3) is 5.65 Å². The molecular weight excluding hydrogens is 358 g/mol. The number of piperidine rings is 1. The van der Waals surface area contributed by atoms with Crippen molar-refractivity contribution in [2.75, 3.05) is 18.4 Å². The van der Waals surface area contributed by atoms with Gasteiger partial charge in [-0.15, -0.1) is 11.3 Å². The molecular formula is C18H18F2N4OS. The van der Waals surface area contributed by atoms with Crippen molar-refractivity contribution in [2.24, 2.45) is 0 Å². The second-order valence-corrected chi connectivity index (χ2v) is 7.57. The SMILES string of the molecule is Cc1cn2cc(NC(=O)c3cc(F)c(C4CCNCC4)s3)cc(F)c2n1. The minimum Gasteiger partial charge on any atom is -0.320 e. The molecule has 5 nitrogen and oxygen atoms in total. The van der Waals surface area contributed by atoms with E-state index in [0.717, 1.165) is 25.9 Å². The lowest BCUT2D eigenvalue weighted by molar-refractivity contribution is 0.103. The number of nitrogens with one attached hydrogen (secondary N) is 2. The summed E-state index contributed by atoms with van der Waals surface area (Å²) in [7, 11) is 0. The van der Waals surface area contributed by atoms with E-state index in [1.807, 2.05) is 0 Å². The standard InChI is InChI=1S/C18H18F2N4OS/c1-10-8-24-9-12(6-14(20)17(24)22-10)23-18(25)15-7-13(19)16(26-15)11-2-4-21-5-3-11/h6-9,11,21H,2-5H2,1H3,(H,23,25). The number of aromatic nitrogens is 2. The van der Waals surface area contributed by atoms with Gasteiger partial charge in [0.25, 0.3) is 5.91 Å². The summed E-state index contributed by atoms with van der Waals surface area (Å²) in [6.45, 7) is 3.47. The van der Waals surface area contributed by atoms with Crippen LogP contribution in [0.4, 0.5) is 14.5 Å². The summed E-state index contributed by atoms with van der Waals surface area (Å²) in [6.07, 6.45) is 4.99. The number of nitrogens with zero attached hydrogens (tertiary/aromatic N) is 2. The fraction of sp³-hybridized carbons (Fsp3) is 0.333. The van der Waals surface area contributed by atoms with Gasteiger partial charge in [-0.25, -0.2) is 13.8 Å². The molecule has 0 saturated carbocycles. The summed E-state index contributed by atoms with van der Waals surface area (Å²) in [4.78, 5) is 17.5. The quantitative estimate of drug-likeness (QED) is 0.733. The number of carbonyl (C=O) groups is 1. The van der Waals surface area contributed by atoms with E-state index in [0.29, 0.717) is 21.1 Å². The number of pyridine rings is 1. The number of thiophene rings is 1. The minimum absolute atomic E-state index is 0.144. The van der Waals surface area contributed by atoms with Crippen molar-refractivity contribution in [3.05, 3.63) is 51.6 Å². The monoisotopic (exact) mass is 376 g/mol. The molecule has 1 aliphatic rings. The molecule has 0 aliphatic carbocycles. The van der Waals surface area contributed by atoms with Gasteiger partial charge in [0.1, 0.15) is 5.82 Å². The van der Waals surface area contributed by atoms with E-state index in [2.05, 4.69) is 15.6 Å². The van der Waals surface area contributed by atoms with Gasteiger partial charge in [0.2, 0.25) is 0 Å². The number of fused-ring (bicyclic) bond motifs is 1. The molecule has 0 spiro atoms. The Kier molecular flexibility index (Phi) is 4.46. The average molecular weight is 376 g/mol. The average Bonchev–Trinajstić information content (AvgIpc) is 3.18. The first-order valence-corrected chi connectivity index (χ1v) is 9.29. The van der Waals surface area contributed by atoms with Gasteiger partial charge in [-0.1, -0.05) is 0 Å². The van der Waals surface area contributed by atoms with Crippen LogP contribution >= 0.6 is 11.3 Å². The van der Waals surface area contributed by atoms with Crippen LogP contribution in [-0.4, -0.2) is 28.4 Å². The first-order chi connectivity index (χ1) is 12.5. The summed E-state index contributed by atoms with van der Waals surface area (Å²) in [5, 5.41) is 5.90. The van der Waals surface area contributed by atoms with E-state index in [9.17, 15) is 13.6 Å². The smallest absolute Gasteiger partial charge is 0.265 e. The van der Waals surface area contributed by atoms with E-state index >= 15 is 0 Å². The first kappa shape index (κ1) is 17.1. The van der Waals surface area contributed by atoms with Gasteiger partial charge >= 0.3 is 0 Å². The van der Waals surface area contributed by atoms with Crippen molar-refractivity contribution in [1.29, 1.82) is 0 Å². The molecule has 1 saturated heterocycles. The Bertz CT molecular complexity index is 975. The number of aryl methyl sites for hydroxylation is 1. The van der Waals surface area contributed by atoms with Crippen LogP contribution < -0.4 is 10.6 Å². The number of anilines is 1. The van der Waals surface area contributed by atoms with Crippen LogP contribution in [0.1, 0.15) is 39.0 Å². The number of hydrogen-bond donors (Lipinski definition) is 2. The van der Waals surface area contributed by atoms with E-state index in [1.54, 1.807) is 19.3 Å². The second-order valence-electron chi connectivity index (χ2n) is 6.49. The highest BCUT2D eigenvalue weighted by molar-refractivity contribution is 7.14. The van der Waals surface area contributed by atoms with Crippen molar-refractivity contribution in [2.45, 2.75) is 25.7 Å². The molecule has 0 aromatic carbocycles. The molecule has 4 heterocycles. The van der Waals surface area contributed by atoms with Gasteiger partial charge in [0.05, 0.1) is 16.3 Å². The Morgan fingerprint density at radius 2 is 2.04 bits per heavy atom. The summed E-state index contributed by atoms with van der Waals surface area (Å²) in [6, 6.07) is 2.49. The lowest BCUT2D eigenvalue weighted by Gasteiger charge is -2.21. The number of rotatable bonds is 3. The molecule has 8 heteroatoms. The van der Waals surface area contributed by atoms with Crippen molar-refractivity contribution in [3.63, 3.8) is 0 Å². The van der Waals surface area contributed by atoms with Crippen molar-refractivity contribution in [1.82, 2.24) is 14.7 Å². The highest BCUT2D eigenvalue weighted by Gasteiger charge is 2.23. The summed E-state index contributed by atoms with van der Waals surface area (Å²) < 4.78 is 30.0. The van der Waals surface area contributed by atoms with E-state index in [-0.39, 0.29) is 17.4 Å². The predicted octanol–water partition coefficient (Wildman–Crippen LogP) is 3.70. The molecule has 136 valence electrons. The topological polar surface area (TPSA) is 58.4 Å². The minimum atomic E-state index is -0.524. The maximum absolute atomic E-state index is 14.3. The van der Waals surface area contributed by atoms with Crippen LogP contribution in [0.2, 0.25) is 0 Å². The molecule has 2 N–H and O–H groups in total. The maximum atomic E-state index is 14.3. The third-order valence-corrected chi connectivity index (χ3v) is 5.80. The first-order valence-electron chi connectivity index (χ1n) is 8.47. The van der Waals surface area contributed by atoms with Gasteiger partial charge in [0.15, 0.2) is 11.5 Å². The molecule has 0 atom stereocenters. The number of halogens is 2. The fourth-order valence-electron chi connectivity index (χ4n) is 3.30. The molecule has 3 aromatic rings. The lowest BCUT2D eigenvalue weighted by Crippen LogP contribution is -2.26. The normalized spacial score (nSPS) is 15.5. The zero-order chi connectivity index (χ0) is 18.3. The van der Waals surface area contributed by atoms with Gasteiger partial charge < -0.3 is 15.0 Å². The highest BCUT2D eigenvalue weighted by atomic mass is 32.1. The number of imidazole rings is 1. The molecule has 1 fully saturated rings. The number of carbonyl (C=O) groups excluding carboxylic acids is 1. The highest BCUT2D eigenvalue weighted by Crippen LogP contribution is 2.34. The summed E-state index contributed by atoms with van der Waals surface area (Å²) in [5.41, 5.74) is 1.19. The molecule has 1 amide bonds. The van der Waals surface area contributed by atoms with Crippen LogP contribution in [-0.2, 0) is 0 Å². The molecule has 0 radical (unpaired) electrons. The van der Waals surface area contributed by atoms with Crippen LogP contribution in [0.5, 0.6) is 0 Å². The molecule has 3 aromatic heterocycles. The third kappa shape index (κ3) is 3.22. The lowest BCUT2D eigenvalue weighted by atomic mass is 9.96. The third-order valence-electron chi connectivity index (χ3n) is 4.53. The zero-order valence-electron chi connectivity index (χ0n) is 14.2. The fourth-order valence-corrected chi connectivity index (χ4v) is 4.40.